The van der Waals surface area contributed by atoms with E-state index >= 15 is 0 Å². The molecule has 5 nitrogen and oxygen atoms in total. The van der Waals surface area contributed by atoms with Crippen molar-refractivity contribution in [2.75, 3.05) is 19.6 Å². The van der Waals surface area contributed by atoms with Crippen molar-refractivity contribution >= 4 is 11.9 Å². The number of amides is 1. The molecule has 2 aliphatic rings. The number of esters is 1. The van der Waals surface area contributed by atoms with Crippen molar-refractivity contribution in [3.05, 3.63) is 11.8 Å². The van der Waals surface area contributed by atoms with Crippen molar-refractivity contribution in [3.8, 4) is 0 Å². The highest BCUT2D eigenvalue weighted by molar-refractivity contribution is 5.86. The van der Waals surface area contributed by atoms with Crippen LogP contribution < -0.4 is 5.32 Å². The van der Waals surface area contributed by atoms with Crippen molar-refractivity contribution in [1.82, 2.24) is 10.2 Å². The number of ether oxygens (including phenoxy) is 1. The number of likely N-dealkylation sites (tertiary alicyclic amines) is 1. The van der Waals surface area contributed by atoms with Crippen LogP contribution in [0.25, 0.3) is 0 Å². The fourth-order valence-corrected chi connectivity index (χ4v) is 2.85. The molecule has 118 valence electrons. The molecule has 2 rings (SSSR count). The Kier molecular flexibility index (Phi) is 5.26. The molecule has 0 aliphatic carbocycles. The third-order valence-electron chi connectivity index (χ3n) is 4.42. The summed E-state index contributed by atoms with van der Waals surface area (Å²) in [5, 5.41) is 3.30. The standard InChI is InChI=1S/C16H26N2O3/c1-3-16(2)13(12-15(20)21-16)17-9-7-11-18-10-6-4-5-8-14(18)19/h12,17H,3-11H2,1-2H3. The van der Waals surface area contributed by atoms with Crippen LogP contribution in [0.4, 0.5) is 0 Å². The number of cyclic esters (lactones) is 1. The number of hydrogen-bond donors (Lipinski definition) is 1. The zero-order valence-electron chi connectivity index (χ0n) is 13.1. The van der Waals surface area contributed by atoms with Crippen LogP contribution in [-0.4, -0.2) is 42.0 Å². The molecule has 1 atom stereocenters. The summed E-state index contributed by atoms with van der Waals surface area (Å²) in [6, 6.07) is 0. The lowest BCUT2D eigenvalue weighted by Crippen LogP contribution is -2.36. The average molecular weight is 294 g/mol. The first-order chi connectivity index (χ1) is 10.0. The molecule has 0 aromatic rings. The zero-order valence-corrected chi connectivity index (χ0v) is 13.1. The molecule has 0 radical (unpaired) electrons. The maximum Gasteiger partial charge on any atom is 0.333 e. The number of rotatable bonds is 6. The summed E-state index contributed by atoms with van der Waals surface area (Å²) in [4.78, 5) is 25.3. The molecule has 1 amide bonds. The molecule has 2 aliphatic heterocycles. The highest BCUT2D eigenvalue weighted by Gasteiger charge is 2.36. The number of hydrogen-bond acceptors (Lipinski definition) is 4. The summed E-state index contributed by atoms with van der Waals surface area (Å²) in [5.74, 6) is 0.00837. The van der Waals surface area contributed by atoms with Crippen LogP contribution in [0.5, 0.6) is 0 Å². The fraction of sp³-hybridized carbons (Fsp3) is 0.750. The van der Waals surface area contributed by atoms with E-state index in [1.54, 1.807) is 6.08 Å². The maximum absolute atomic E-state index is 11.9. The van der Waals surface area contributed by atoms with E-state index in [4.69, 9.17) is 4.74 Å². The molecule has 0 spiro atoms. The molecule has 5 heteroatoms. The Labute approximate surface area is 126 Å². The Hall–Kier alpha value is -1.52. The average Bonchev–Trinajstić information content (AvgIpc) is 2.60. The number of nitrogens with zero attached hydrogens (tertiary/aromatic N) is 1. The smallest absolute Gasteiger partial charge is 0.333 e. The molecule has 1 fully saturated rings. The van der Waals surface area contributed by atoms with E-state index < -0.39 is 5.60 Å². The molecular weight excluding hydrogens is 268 g/mol. The first-order valence-electron chi connectivity index (χ1n) is 8.02. The van der Waals surface area contributed by atoms with Crippen LogP contribution in [0.2, 0.25) is 0 Å². The minimum atomic E-state index is -0.518. The lowest BCUT2D eigenvalue weighted by Gasteiger charge is -2.26. The summed E-state index contributed by atoms with van der Waals surface area (Å²) in [6.07, 6.45) is 7.16. The van der Waals surface area contributed by atoms with Crippen molar-refractivity contribution in [1.29, 1.82) is 0 Å². The molecule has 0 bridgehead atoms. The Morgan fingerprint density at radius 3 is 2.90 bits per heavy atom. The van der Waals surface area contributed by atoms with Gasteiger partial charge in [0.2, 0.25) is 5.91 Å². The minimum Gasteiger partial charge on any atom is -0.450 e. The normalized spacial score (nSPS) is 26.4. The number of carbonyl (C=O) groups is 2. The van der Waals surface area contributed by atoms with E-state index in [1.807, 2.05) is 18.7 Å². The van der Waals surface area contributed by atoms with Gasteiger partial charge in [0.05, 0.1) is 5.70 Å². The Morgan fingerprint density at radius 2 is 2.14 bits per heavy atom. The lowest BCUT2D eigenvalue weighted by molar-refractivity contribution is -0.145. The molecule has 1 unspecified atom stereocenters. The van der Waals surface area contributed by atoms with Gasteiger partial charge in [0.25, 0.3) is 0 Å². The summed E-state index contributed by atoms with van der Waals surface area (Å²) in [5.41, 5.74) is 0.340. The third-order valence-corrected chi connectivity index (χ3v) is 4.42. The highest BCUT2D eigenvalue weighted by atomic mass is 16.6. The zero-order chi connectivity index (χ0) is 15.3. The van der Waals surface area contributed by atoms with Crippen LogP contribution >= 0.6 is 0 Å². The second-order valence-corrected chi connectivity index (χ2v) is 6.04. The van der Waals surface area contributed by atoms with E-state index in [0.717, 1.165) is 57.4 Å². The molecule has 2 heterocycles. The van der Waals surface area contributed by atoms with Gasteiger partial charge in [-0.2, -0.15) is 0 Å². The topological polar surface area (TPSA) is 58.6 Å². The van der Waals surface area contributed by atoms with Gasteiger partial charge in [-0.05, 0) is 32.6 Å². The highest BCUT2D eigenvalue weighted by Crippen LogP contribution is 2.28. The molecule has 0 aromatic carbocycles. The minimum absolute atomic E-state index is 0.274. The first kappa shape index (κ1) is 15.9. The molecule has 0 aromatic heterocycles. The Morgan fingerprint density at radius 1 is 1.33 bits per heavy atom. The monoisotopic (exact) mass is 294 g/mol. The number of nitrogens with one attached hydrogen (secondary N) is 1. The van der Waals surface area contributed by atoms with E-state index in [-0.39, 0.29) is 11.9 Å². The second kappa shape index (κ2) is 6.96. The largest absolute Gasteiger partial charge is 0.450 e. The summed E-state index contributed by atoms with van der Waals surface area (Å²) in [7, 11) is 0. The lowest BCUT2D eigenvalue weighted by atomic mass is 10.00. The van der Waals surface area contributed by atoms with Crippen LogP contribution in [0.1, 0.15) is 52.4 Å². The summed E-state index contributed by atoms with van der Waals surface area (Å²) < 4.78 is 5.33. The molecule has 1 saturated heterocycles. The van der Waals surface area contributed by atoms with Gasteiger partial charge >= 0.3 is 5.97 Å². The van der Waals surface area contributed by atoms with Crippen LogP contribution in [0.3, 0.4) is 0 Å². The van der Waals surface area contributed by atoms with Crippen molar-refractivity contribution in [2.24, 2.45) is 0 Å². The first-order valence-corrected chi connectivity index (χ1v) is 8.02. The predicted octanol–water partition coefficient (Wildman–Crippen LogP) is 1.98. The van der Waals surface area contributed by atoms with Gasteiger partial charge < -0.3 is 15.0 Å². The summed E-state index contributed by atoms with van der Waals surface area (Å²) >= 11 is 0. The SMILES string of the molecule is CCC1(C)OC(=O)C=C1NCCCN1CCCCCC1=O. The third kappa shape index (κ3) is 3.99. The predicted molar refractivity (Wildman–Crippen MR) is 80.5 cm³/mol. The van der Waals surface area contributed by atoms with Crippen LogP contribution in [-0.2, 0) is 14.3 Å². The summed E-state index contributed by atoms with van der Waals surface area (Å²) in [6.45, 7) is 6.35. The maximum atomic E-state index is 11.9. The Bertz CT molecular complexity index is 433. The van der Waals surface area contributed by atoms with Gasteiger partial charge in [0.15, 0.2) is 0 Å². The second-order valence-electron chi connectivity index (χ2n) is 6.04. The van der Waals surface area contributed by atoms with E-state index in [0.29, 0.717) is 6.42 Å². The van der Waals surface area contributed by atoms with E-state index in [1.165, 1.54) is 0 Å². The van der Waals surface area contributed by atoms with Gasteiger partial charge in [0.1, 0.15) is 5.60 Å². The Balaban J connectivity index is 1.75. The van der Waals surface area contributed by atoms with Gasteiger partial charge in [-0.15, -0.1) is 0 Å². The van der Waals surface area contributed by atoms with Gasteiger partial charge in [-0.1, -0.05) is 13.3 Å². The molecule has 1 N–H and O–H groups in total. The van der Waals surface area contributed by atoms with Crippen molar-refractivity contribution < 1.29 is 14.3 Å². The molecule has 0 saturated carbocycles. The van der Waals surface area contributed by atoms with Crippen LogP contribution in [0.15, 0.2) is 11.8 Å². The number of carbonyl (C=O) groups excluding carboxylic acids is 2. The fourth-order valence-electron chi connectivity index (χ4n) is 2.85. The molecular formula is C16H26N2O3. The molecule has 21 heavy (non-hydrogen) atoms. The van der Waals surface area contributed by atoms with Crippen molar-refractivity contribution in [3.63, 3.8) is 0 Å². The quantitative estimate of drug-likeness (QED) is 0.601. The van der Waals surface area contributed by atoms with Crippen molar-refractivity contribution in [2.45, 2.75) is 58.0 Å². The van der Waals surface area contributed by atoms with E-state index in [9.17, 15) is 9.59 Å². The van der Waals surface area contributed by atoms with E-state index in [2.05, 4.69) is 5.32 Å². The van der Waals surface area contributed by atoms with Crippen LogP contribution in [0, 0.1) is 0 Å². The van der Waals surface area contributed by atoms with Gasteiger partial charge in [-0.25, -0.2) is 4.79 Å². The van der Waals surface area contributed by atoms with Gasteiger partial charge in [0, 0.05) is 32.1 Å². The van der Waals surface area contributed by atoms with Gasteiger partial charge in [-0.3, -0.25) is 4.79 Å².